The Morgan fingerprint density at radius 3 is 2.61 bits per heavy atom. The maximum Gasteiger partial charge on any atom is 0.302 e. The number of ether oxygens (including phenoxy) is 1. The number of amides is 1. The van der Waals surface area contributed by atoms with Crippen molar-refractivity contribution < 1.29 is 24.2 Å². The van der Waals surface area contributed by atoms with Gasteiger partial charge >= 0.3 is 5.97 Å². The topological polar surface area (TPSA) is 92.7 Å². The van der Waals surface area contributed by atoms with Crippen LogP contribution in [0.15, 0.2) is 46.9 Å². The lowest BCUT2D eigenvalue weighted by Gasteiger charge is -2.51. The molecule has 6 nitrogen and oxygen atoms in total. The Hall–Kier alpha value is -2.63. The van der Waals surface area contributed by atoms with Gasteiger partial charge in [-0.05, 0) is 57.8 Å². The smallest absolute Gasteiger partial charge is 0.302 e. The van der Waals surface area contributed by atoms with Crippen LogP contribution in [-0.4, -0.2) is 29.4 Å². The average Bonchev–Trinajstić information content (AvgIpc) is 3.01. The highest BCUT2D eigenvalue weighted by Gasteiger charge is 2.55. The van der Waals surface area contributed by atoms with Crippen molar-refractivity contribution in [2.45, 2.75) is 53.9 Å². The van der Waals surface area contributed by atoms with Gasteiger partial charge in [0.2, 0.25) is 0 Å². The van der Waals surface area contributed by atoms with E-state index in [0.717, 1.165) is 24.8 Å². The first-order valence-corrected chi connectivity index (χ1v) is 11.1. The van der Waals surface area contributed by atoms with Crippen LogP contribution in [-0.2, 0) is 19.1 Å². The number of rotatable bonds is 5. The zero-order valence-corrected chi connectivity index (χ0v) is 19.0. The first-order chi connectivity index (χ1) is 14.6. The molecule has 0 saturated heterocycles. The van der Waals surface area contributed by atoms with Crippen LogP contribution in [0.3, 0.4) is 0 Å². The SMILES string of the molecule is CC=CC1C(C)=CC2CC(COC(C)=O)CCC2C1(C)C(=O)C1=C(O)C(=CC)NC1=O. The van der Waals surface area contributed by atoms with E-state index in [1.807, 2.05) is 32.9 Å². The van der Waals surface area contributed by atoms with Crippen molar-refractivity contribution in [3.05, 3.63) is 46.9 Å². The number of aliphatic hydroxyl groups is 1. The summed E-state index contributed by atoms with van der Waals surface area (Å²) < 4.78 is 5.24. The molecule has 6 heteroatoms. The molecular formula is C25H33NO5. The van der Waals surface area contributed by atoms with Crippen LogP contribution < -0.4 is 5.32 Å². The van der Waals surface area contributed by atoms with Gasteiger partial charge in [-0.1, -0.05) is 36.8 Å². The number of allylic oxidation sites excluding steroid dienone is 5. The Morgan fingerprint density at radius 2 is 2.03 bits per heavy atom. The molecule has 1 aliphatic heterocycles. The number of hydrogen-bond acceptors (Lipinski definition) is 5. The molecule has 0 bridgehead atoms. The minimum absolute atomic E-state index is 0.0289. The fraction of sp³-hybridized carbons (Fsp3) is 0.560. The number of carbonyl (C=O) groups is 3. The molecule has 31 heavy (non-hydrogen) atoms. The van der Waals surface area contributed by atoms with Crippen molar-refractivity contribution in [2.75, 3.05) is 6.61 Å². The molecule has 1 amide bonds. The van der Waals surface area contributed by atoms with Crippen molar-refractivity contribution in [2.24, 2.45) is 29.1 Å². The molecule has 2 aliphatic carbocycles. The Kier molecular flexibility index (Phi) is 6.58. The van der Waals surface area contributed by atoms with Gasteiger partial charge in [0.05, 0.1) is 12.3 Å². The lowest BCUT2D eigenvalue weighted by atomic mass is 9.51. The predicted octanol–water partition coefficient (Wildman–Crippen LogP) is 4.16. The minimum atomic E-state index is -0.855. The molecule has 0 aromatic rings. The molecule has 0 aromatic carbocycles. The average molecular weight is 428 g/mol. The van der Waals surface area contributed by atoms with E-state index < -0.39 is 11.3 Å². The third kappa shape index (κ3) is 4.00. The van der Waals surface area contributed by atoms with Crippen LogP contribution in [0.5, 0.6) is 0 Å². The van der Waals surface area contributed by atoms with E-state index in [9.17, 15) is 19.5 Å². The zero-order chi connectivity index (χ0) is 22.9. The summed E-state index contributed by atoms with van der Waals surface area (Å²) in [6.07, 6.45) is 10.3. The van der Waals surface area contributed by atoms with E-state index in [4.69, 9.17) is 4.74 Å². The van der Waals surface area contributed by atoms with Crippen LogP contribution in [0, 0.1) is 29.1 Å². The van der Waals surface area contributed by atoms with Crippen LogP contribution in [0.1, 0.15) is 53.9 Å². The number of carbonyl (C=O) groups excluding carboxylic acids is 3. The summed E-state index contributed by atoms with van der Waals surface area (Å²) in [5.41, 5.74) is 0.379. The quantitative estimate of drug-likeness (QED) is 0.391. The molecule has 3 rings (SSSR count). The van der Waals surface area contributed by atoms with Crippen molar-refractivity contribution in [1.29, 1.82) is 0 Å². The number of Topliss-reactive ketones (excluding diaryl/α,β-unsaturated/α-hetero) is 1. The summed E-state index contributed by atoms with van der Waals surface area (Å²) in [4.78, 5) is 37.8. The lowest BCUT2D eigenvalue weighted by molar-refractivity contribution is -0.143. The van der Waals surface area contributed by atoms with Crippen molar-refractivity contribution >= 4 is 17.7 Å². The van der Waals surface area contributed by atoms with Crippen LogP contribution in [0.2, 0.25) is 0 Å². The standard InChI is InChI=1S/C25H33NO5/c1-6-8-18-14(3)11-17-12-16(13-31-15(4)27)9-10-19(17)25(18,5)23(29)21-22(28)20(7-2)26-24(21)30/h6-8,11,16-19,28H,9-10,12-13H2,1-5H3,(H,26,30). The largest absolute Gasteiger partial charge is 0.505 e. The molecule has 3 aliphatic rings. The first-order valence-electron chi connectivity index (χ1n) is 11.1. The summed E-state index contributed by atoms with van der Waals surface area (Å²) in [6, 6.07) is 0. The lowest BCUT2D eigenvalue weighted by Crippen LogP contribution is -2.51. The third-order valence-corrected chi connectivity index (χ3v) is 7.27. The second-order valence-electron chi connectivity index (χ2n) is 9.16. The fourth-order valence-electron chi connectivity index (χ4n) is 5.79. The highest BCUT2D eigenvalue weighted by Crippen LogP contribution is 2.56. The zero-order valence-electron chi connectivity index (χ0n) is 19.0. The molecule has 5 unspecified atom stereocenters. The van der Waals surface area contributed by atoms with Gasteiger partial charge in [0, 0.05) is 18.3 Å². The first kappa shape index (κ1) is 23.0. The van der Waals surface area contributed by atoms with E-state index in [2.05, 4.69) is 11.4 Å². The highest BCUT2D eigenvalue weighted by atomic mass is 16.5. The van der Waals surface area contributed by atoms with Gasteiger partial charge in [-0.3, -0.25) is 14.4 Å². The second-order valence-corrected chi connectivity index (χ2v) is 9.16. The summed E-state index contributed by atoms with van der Waals surface area (Å²) in [5, 5.41) is 13.2. The molecule has 5 atom stereocenters. The van der Waals surface area contributed by atoms with Gasteiger partial charge in [-0.25, -0.2) is 0 Å². The van der Waals surface area contributed by atoms with E-state index in [1.165, 1.54) is 6.92 Å². The van der Waals surface area contributed by atoms with Crippen LogP contribution >= 0.6 is 0 Å². The third-order valence-electron chi connectivity index (χ3n) is 7.27. The summed E-state index contributed by atoms with van der Waals surface area (Å²) in [6.45, 7) is 9.42. The van der Waals surface area contributed by atoms with E-state index >= 15 is 0 Å². The van der Waals surface area contributed by atoms with Gasteiger partial charge in [-0.2, -0.15) is 0 Å². The molecular weight excluding hydrogens is 394 g/mol. The molecule has 1 saturated carbocycles. The van der Waals surface area contributed by atoms with Crippen LogP contribution in [0.4, 0.5) is 0 Å². The molecule has 2 N–H and O–H groups in total. The fourth-order valence-corrected chi connectivity index (χ4v) is 5.79. The number of esters is 1. The van der Waals surface area contributed by atoms with Crippen LogP contribution in [0.25, 0.3) is 0 Å². The second kappa shape index (κ2) is 8.85. The number of aliphatic hydroxyl groups excluding tert-OH is 1. The number of ketones is 1. The van der Waals surface area contributed by atoms with Crippen molar-refractivity contribution in [3.63, 3.8) is 0 Å². The van der Waals surface area contributed by atoms with Gasteiger partial charge in [0.1, 0.15) is 5.57 Å². The van der Waals surface area contributed by atoms with Crippen molar-refractivity contribution in [3.8, 4) is 0 Å². The minimum Gasteiger partial charge on any atom is -0.505 e. The van der Waals surface area contributed by atoms with Crippen molar-refractivity contribution in [1.82, 2.24) is 5.32 Å². The Labute approximate surface area is 184 Å². The molecule has 1 heterocycles. The maximum absolute atomic E-state index is 14.0. The van der Waals surface area contributed by atoms with Gasteiger partial charge in [0.15, 0.2) is 11.5 Å². The molecule has 0 aromatic heterocycles. The van der Waals surface area contributed by atoms with Gasteiger partial charge < -0.3 is 15.2 Å². The Bertz CT molecular complexity index is 909. The summed E-state index contributed by atoms with van der Waals surface area (Å²) in [7, 11) is 0. The molecule has 168 valence electrons. The van der Waals surface area contributed by atoms with E-state index in [1.54, 1.807) is 13.0 Å². The monoisotopic (exact) mass is 427 g/mol. The van der Waals surface area contributed by atoms with Gasteiger partial charge in [0.25, 0.3) is 5.91 Å². The molecule has 1 fully saturated rings. The summed E-state index contributed by atoms with van der Waals surface area (Å²) >= 11 is 0. The number of hydrogen-bond donors (Lipinski definition) is 2. The molecule has 0 spiro atoms. The normalized spacial score (nSPS) is 34.5. The number of nitrogens with one attached hydrogen (secondary N) is 1. The number of fused-ring (bicyclic) bond motifs is 1. The molecule has 0 radical (unpaired) electrons. The highest BCUT2D eigenvalue weighted by molar-refractivity contribution is 6.24. The van der Waals surface area contributed by atoms with E-state index in [-0.39, 0.29) is 52.5 Å². The predicted molar refractivity (Wildman–Crippen MR) is 118 cm³/mol. The van der Waals surface area contributed by atoms with Gasteiger partial charge in [-0.15, -0.1) is 0 Å². The summed E-state index contributed by atoms with van der Waals surface area (Å²) in [5.74, 6) is -1.10. The Morgan fingerprint density at radius 1 is 1.32 bits per heavy atom. The van der Waals surface area contributed by atoms with E-state index in [0.29, 0.717) is 6.61 Å². The Balaban J connectivity index is 2.01. The maximum atomic E-state index is 14.0.